The van der Waals surface area contributed by atoms with Crippen molar-refractivity contribution in [1.29, 1.82) is 0 Å². The van der Waals surface area contributed by atoms with Gasteiger partial charge in [-0.15, -0.1) is 0 Å². The standard InChI is InChI=1S/C12H25N3O2/c1-3-10-9-17-6-5-15(10)11(8-13)7-12(16)14-4-2/h10-11H,3-9,13H2,1-2H3,(H,14,16). The summed E-state index contributed by atoms with van der Waals surface area (Å²) in [6, 6.07) is 0.530. The fourth-order valence-corrected chi connectivity index (χ4v) is 2.32. The molecular weight excluding hydrogens is 218 g/mol. The summed E-state index contributed by atoms with van der Waals surface area (Å²) < 4.78 is 5.47. The van der Waals surface area contributed by atoms with Crippen LogP contribution >= 0.6 is 0 Å². The zero-order valence-electron chi connectivity index (χ0n) is 10.9. The number of amides is 1. The van der Waals surface area contributed by atoms with Crippen molar-refractivity contribution in [3.8, 4) is 0 Å². The van der Waals surface area contributed by atoms with E-state index in [2.05, 4.69) is 17.1 Å². The number of morpholine rings is 1. The molecule has 1 saturated heterocycles. The Balaban J connectivity index is 2.54. The molecule has 0 spiro atoms. The highest BCUT2D eigenvalue weighted by Crippen LogP contribution is 2.15. The second-order valence-corrected chi connectivity index (χ2v) is 4.42. The van der Waals surface area contributed by atoms with E-state index in [1.165, 1.54) is 0 Å². The molecule has 0 aliphatic carbocycles. The lowest BCUT2D eigenvalue weighted by molar-refractivity contribution is -0.123. The Morgan fingerprint density at radius 3 is 2.94 bits per heavy atom. The van der Waals surface area contributed by atoms with Crippen molar-refractivity contribution < 1.29 is 9.53 Å². The fraction of sp³-hybridized carbons (Fsp3) is 0.917. The normalized spacial score (nSPS) is 23.4. The first-order valence-corrected chi connectivity index (χ1v) is 6.53. The summed E-state index contributed by atoms with van der Waals surface area (Å²) in [5.74, 6) is 0.0873. The first-order valence-electron chi connectivity index (χ1n) is 6.53. The smallest absolute Gasteiger partial charge is 0.221 e. The average Bonchev–Trinajstić information content (AvgIpc) is 2.36. The quantitative estimate of drug-likeness (QED) is 0.686. The van der Waals surface area contributed by atoms with Crippen LogP contribution in [0, 0.1) is 0 Å². The van der Waals surface area contributed by atoms with Gasteiger partial charge in [-0.1, -0.05) is 6.92 Å². The molecule has 0 aromatic rings. The number of nitrogens with two attached hydrogens (primary N) is 1. The van der Waals surface area contributed by atoms with E-state index in [0.29, 0.717) is 25.6 Å². The van der Waals surface area contributed by atoms with E-state index in [4.69, 9.17) is 10.5 Å². The molecule has 1 aliphatic heterocycles. The van der Waals surface area contributed by atoms with E-state index < -0.39 is 0 Å². The molecule has 0 saturated carbocycles. The predicted octanol–water partition coefficient (Wildman–Crippen LogP) is -0.0493. The number of nitrogens with one attached hydrogen (secondary N) is 1. The molecule has 5 nitrogen and oxygen atoms in total. The van der Waals surface area contributed by atoms with Crippen molar-refractivity contribution in [2.75, 3.05) is 32.8 Å². The Labute approximate surface area is 104 Å². The molecule has 1 heterocycles. The zero-order chi connectivity index (χ0) is 12.7. The molecule has 2 atom stereocenters. The van der Waals surface area contributed by atoms with Crippen LogP contribution in [0.1, 0.15) is 26.7 Å². The molecule has 2 unspecified atom stereocenters. The third-order valence-electron chi connectivity index (χ3n) is 3.28. The van der Waals surface area contributed by atoms with E-state index in [1.54, 1.807) is 0 Å². The number of carbonyl (C=O) groups excluding carboxylic acids is 1. The SMILES string of the molecule is CCNC(=O)CC(CN)N1CCOCC1CC. The summed E-state index contributed by atoms with van der Waals surface area (Å²) >= 11 is 0. The van der Waals surface area contributed by atoms with Crippen LogP contribution in [0.3, 0.4) is 0 Å². The summed E-state index contributed by atoms with van der Waals surface area (Å²) in [5.41, 5.74) is 5.80. The number of carbonyl (C=O) groups is 1. The Kier molecular flexibility index (Phi) is 6.47. The van der Waals surface area contributed by atoms with E-state index >= 15 is 0 Å². The van der Waals surface area contributed by atoms with Crippen molar-refractivity contribution in [2.24, 2.45) is 5.73 Å². The lowest BCUT2D eigenvalue weighted by atomic mass is 10.1. The summed E-state index contributed by atoms with van der Waals surface area (Å²) in [6.45, 7) is 7.64. The van der Waals surface area contributed by atoms with Crippen LogP contribution in [0.15, 0.2) is 0 Å². The summed E-state index contributed by atoms with van der Waals surface area (Å²) in [6.07, 6.45) is 1.52. The Bertz CT molecular complexity index is 236. The molecule has 1 amide bonds. The summed E-state index contributed by atoms with van der Waals surface area (Å²) in [7, 11) is 0. The van der Waals surface area contributed by atoms with Crippen LogP contribution in [0.25, 0.3) is 0 Å². The van der Waals surface area contributed by atoms with Crippen molar-refractivity contribution >= 4 is 5.91 Å². The van der Waals surface area contributed by atoms with Crippen molar-refractivity contribution in [1.82, 2.24) is 10.2 Å². The van der Waals surface area contributed by atoms with Gasteiger partial charge < -0.3 is 15.8 Å². The second kappa shape index (κ2) is 7.63. The van der Waals surface area contributed by atoms with Gasteiger partial charge in [0.05, 0.1) is 13.2 Å². The average molecular weight is 243 g/mol. The topological polar surface area (TPSA) is 67.6 Å². The lowest BCUT2D eigenvalue weighted by Crippen LogP contribution is -2.54. The highest BCUT2D eigenvalue weighted by molar-refractivity contribution is 5.76. The molecule has 1 fully saturated rings. The van der Waals surface area contributed by atoms with Crippen LogP contribution in [-0.4, -0.2) is 55.7 Å². The number of hydrogen-bond acceptors (Lipinski definition) is 4. The molecule has 3 N–H and O–H groups in total. The minimum Gasteiger partial charge on any atom is -0.378 e. The number of ether oxygens (including phenoxy) is 1. The van der Waals surface area contributed by atoms with Gasteiger partial charge in [0.25, 0.3) is 0 Å². The minimum atomic E-state index is 0.0873. The maximum absolute atomic E-state index is 11.6. The maximum atomic E-state index is 11.6. The number of hydrogen-bond donors (Lipinski definition) is 2. The molecule has 0 aromatic heterocycles. The van der Waals surface area contributed by atoms with Gasteiger partial charge in [-0.3, -0.25) is 9.69 Å². The van der Waals surface area contributed by atoms with Gasteiger partial charge in [-0.05, 0) is 13.3 Å². The maximum Gasteiger partial charge on any atom is 0.221 e. The number of nitrogens with zero attached hydrogens (tertiary/aromatic N) is 1. The Hall–Kier alpha value is -0.650. The second-order valence-electron chi connectivity index (χ2n) is 4.42. The molecule has 0 radical (unpaired) electrons. The molecular formula is C12H25N3O2. The van der Waals surface area contributed by atoms with Gasteiger partial charge in [0.2, 0.25) is 5.91 Å². The molecule has 5 heteroatoms. The van der Waals surface area contributed by atoms with E-state index in [9.17, 15) is 4.79 Å². The Morgan fingerprint density at radius 2 is 2.35 bits per heavy atom. The van der Waals surface area contributed by atoms with Gasteiger partial charge in [0.1, 0.15) is 0 Å². The van der Waals surface area contributed by atoms with Crippen molar-refractivity contribution in [3.63, 3.8) is 0 Å². The molecule has 0 aromatic carbocycles. The van der Waals surface area contributed by atoms with Gasteiger partial charge in [0.15, 0.2) is 0 Å². The van der Waals surface area contributed by atoms with Crippen molar-refractivity contribution in [2.45, 2.75) is 38.8 Å². The van der Waals surface area contributed by atoms with Crippen molar-refractivity contribution in [3.05, 3.63) is 0 Å². The molecule has 17 heavy (non-hydrogen) atoms. The van der Waals surface area contributed by atoms with Crippen LogP contribution in [-0.2, 0) is 9.53 Å². The predicted molar refractivity (Wildman–Crippen MR) is 67.7 cm³/mol. The monoisotopic (exact) mass is 243 g/mol. The molecule has 1 rings (SSSR count). The largest absolute Gasteiger partial charge is 0.378 e. The zero-order valence-corrected chi connectivity index (χ0v) is 10.9. The highest BCUT2D eigenvalue weighted by atomic mass is 16.5. The minimum absolute atomic E-state index is 0.0873. The van der Waals surface area contributed by atoms with Crippen LogP contribution in [0.5, 0.6) is 0 Å². The van der Waals surface area contributed by atoms with Crippen LogP contribution < -0.4 is 11.1 Å². The van der Waals surface area contributed by atoms with E-state index in [1.807, 2.05) is 6.92 Å². The molecule has 100 valence electrons. The highest BCUT2D eigenvalue weighted by Gasteiger charge is 2.28. The first kappa shape index (κ1) is 14.4. The van der Waals surface area contributed by atoms with Gasteiger partial charge in [-0.25, -0.2) is 0 Å². The van der Waals surface area contributed by atoms with E-state index in [0.717, 1.165) is 26.2 Å². The summed E-state index contributed by atoms with van der Waals surface area (Å²) in [4.78, 5) is 14.0. The first-order chi connectivity index (χ1) is 8.22. The van der Waals surface area contributed by atoms with Crippen LogP contribution in [0.4, 0.5) is 0 Å². The third-order valence-corrected chi connectivity index (χ3v) is 3.28. The van der Waals surface area contributed by atoms with Gasteiger partial charge in [0, 0.05) is 38.1 Å². The van der Waals surface area contributed by atoms with Gasteiger partial charge in [-0.2, -0.15) is 0 Å². The lowest BCUT2D eigenvalue weighted by Gasteiger charge is -2.40. The molecule has 0 bridgehead atoms. The van der Waals surface area contributed by atoms with Gasteiger partial charge >= 0.3 is 0 Å². The molecule has 1 aliphatic rings. The Morgan fingerprint density at radius 1 is 1.59 bits per heavy atom. The van der Waals surface area contributed by atoms with E-state index in [-0.39, 0.29) is 11.9 Å². The fourth-order valence-electron chi connectivity index (χ4n) is 2.32. The number of rotatable bonds is 6. The summed E-state index contributed by atoms with van der Waals surface area (Å²) in [5, 5.41) is 2.83. The van der Waals surface area contributed by atoms with Crippen LogP contribution in [0.2, 0.25) is 0 Å². The third kappa shape index (κ3) is 4.26.